The number of carbonyl (C=O) groups is 2. The summed E-state index contributed by atoms with van der Waals surface area (Å²) in [5.74, 6) is 4.80. The van der Waals surface area contributed by atoms with E-state index in [1.165, 1.54) is 14.1 Å². The molecule has 7 N–H and O–H groups in total. The maximum absolute atomic E-state index is 9.69. The zero-order valence-electron chi connectivity index (χ0n) is 7.72. The Morgan fingerprint density at radius 2 is 1.71 bits per heavy atom. The van der Waals surface area contributed by atoms with E-state index < -0.39 is 12.2 Å². The van der Waals surface area contributed by atoms with E-state index in [0.717, 1.165) is 5.17 Å². The van der Waals surface area contributed by atoms with E-state index in [1.807, 2.05) is 0 Å². The lowest BCUT2D eigenvalue weighted by Crippen LogP contribution is -2.31. The third kappa shape index (κ3) is 31.0. The molecule has 86 valence electrons. The van der Waals surface area contributed by atoms with Gasteiger partial charge in [0.15, 0.2) is 0 Å². The van der Waals surface area contributed by atoms with Gasteiger partial charge in [0, 0.05) is 14.1 Å². The highest BCUT2D eigenvalue weighted by molar-refractivity contribution is 5.85. The van der Waals surface area contributed by atoms with Gasteiger partial charge in [0.2, 0.25) is 0 Å². The molecule has 0 aromatic rings. The molecule has 2 amide bonds. The first-order valence-electron chi connectivity index (χ1n) is 2.99. The molecule has 0 bridgehead atoms. The van der Waals surface area contributed by atoms with Crippen LogP contribution in [0.3, 0.4) is 0 Å². The van der Waals surface area contributed by atoms with Gasteiger partial charge in [-0.1, -0.05) is 5.17 Å². The van der Waals surface area contributed by atoms with Gasteiger partial charge in [-0.3, -0.25) is 0 Å². The van der Waals surface area contributed by atoms with Crippen molar-refractivity contribution < 1.29 is 19.3 Å². The molecule has 14 heavy (non-hydrogen) atoms. The molecule has 0 spiro atoms. The lowest BCUT2D eigenvalue weighted by atomic mass is 11.3. The highest BCUT2D eigenvalue weighted by Gasteiger charge is 1.92. The van der Waals surface area contributed by atoms with E-state index in [4.69, 9.17) is 5.84 Å². The highest BCUT2D eigenvalue weighted by Crippen LogP contribution is 1.69. The molecule has 10 heteroatoms. The van der Waals surface area contributed by atoms with Crippen LogP contribution in [0.15, 0.2) is 0 Å². The lowest BCUT2D eigenvalue weighted by molar-refractivity contribution is -0.0750. The first-order valence-corrected chi connectivity index (χ1v) is 2.99. The van der Waals surface area contributed by atoms with Crippen molar-refractivity contribution in [3.8, 4) is 0 Å². The zero-order valence-corrected chi connectivity index (χ0v) is 8.54. The van der Waals surface area contributed by atoms with Crippen LogP contribution in [0, 0.1) is 0 Å². The molecule has 0 aliphatic carbocycles. The molecular formula is C4H14ClN5O4. The Hall–Kier alpha value is -1.29. The van der Waals surface area contributed by atoms with Crippen LogP contribution in [-0.2, 0) is 9.68 Å². The number of primary amides is 2. The predicted molar refractivity (Wildman–Crippen MR) is 49.6 cm³/mol. The molecular weight excluding hydrogens is 218 g/mol. The van der Waals surface area contributed by atoms with E-state index >= 15 is 0 Å². The number of halogens is 1. The minimum Gasteiger partial charge on any atom is -0.354 e. The fourth-order valence-electron chi connectivity index (χ4n) is 0.243. The largest absolute Gasteiger partial charge is 0.424 e. The Balaban J connectivity index is -0.000000163. The van der Waals surface area contributed by atoms with Crippen molar-refractivity contribution in [3.63, 3.8) is 0 Å². The molecule has 0 rings (SSSR count). The van der Waals surface area contributed by atoms with Crippen molar-refractivity contribution in [2.45, 2.75) is 0 Å². The Kier molecular flexibility index (Phi) is 15.5. The number of nitrogens with one attached hydrogen (secondary N) is 1. The van der Waals surface area contributed by atoms with Crippen LogP contribution in [0.4, 0.5) is 9.59 Å². The normalized spacial score (nSPS) is 7.71. The van der Waals surface area contributed by atoms with Gasteiger partial charge in [0.1, 0.15) is 0 Å². The summed E-state index contributed by atoms with van der Waals surface area (Å²) in [6.45, 7) is 0. The van der Waals surface area contributed by atoms with Gasteiger partial charge >= 0.3 is 12.2 Å². The Bertz CT molecular complexity index is 166. The molecule has 0 heterocycles. The number of hydrogen-bond donors (Lipinski definition) is 4. The van der Waals surface area contributed by atoms with Crippen molar-refractivity contribution in [3.05, 3.63) is 0 Å². The summed E-state index contributed by atoms with van der Waals surface area (Å²) >= 11 is 0. The van der Waals surface area contributed by atoms with Gasteiger partial charge in [-0.2, -0.15) is 5.48 Å². The van der Waals surface area contributed by atoms with Gasteiger partial charge in [0.05, 0.1) is 0 Å². The summed E-state index contributed by atoms with van der Waals surface area (Å²) in [7, 11) is 2.80. The van der Waals surface area contributed by atoms with Crippen molar-refractivity contribution in [1.82, 2.24) is 10.7 Å². The van der Waals surface area contributed by atoms with Gasteiger partial charge in [-0.25, -0.2) is 15.4 Å². The number of nitrogens with two attached hydrogens (primary N) is 3. The Labute approximate surface area is 86.8 Å². The van der Waals surface area contributed by atoms with E-state index in [9.17, 15) is 9.59 Å². The zero-order chi connectivity index (χ0) is 10.9. The third-order valence-corrected chi connectivity index (χ3v) is 0.437. The summed E-state index contributed by atoms with van der Waals surface area (Å²) in [6.07, 6.45) is -1.73. The van der Waals surface area contributed by atoms with E-state index in [0.29, 0.717) is 0 Å². The Morgan fingerprint density at radius 3 is 1.71 bits per heavy atom. The second kappa shape index (κ2) is 11.7. The molecule has 9 nitrogen and oxygen atoms in total. The third-order valence-electron chi connectivity index (χ3n) is 0.437. The molecule has 0 unspecified atom stereocenters. The number of carbonyl (C=O) groups excluding carboxylic acids is 2. The second-order valence-electron chi connectivity index (χ2n) is 1.58. The van der Waals surface area contributed by atoms with Crippen molar-refractivity contribution in [2.24, 2.45) is 17.3 Å². The van der Waals surface area contributed by atoms with Crippen LogP contribution in [0.25, 0.3) is 0 Å². The second-order valence-corrected chi connectivity index (χ2v) is 1.58. The van der Waals surface area contributed by atoms with Gasteiger partial charge < -0.3 is 21.1 Å². The smallest absolute Gasteiger partial charge is 0.354 e. The minimum absolute atomic E-state index is 0. The number of hydroxylamine groups is 2. The average molecular weight is 232 g/mol. The lowest BCUT2D eigenvalue weighted by Gasteiger charge is -2.04. The van der Waals surface area contributed by atoms with Crippen LogP contribution in [-0.4, -0.2) is 31.5 Å². The maximum atomic E-state index is 9.69. The fourth-order valence-corrected chi connectivity index (χ4v) is 0.243. The molecule has 0 saturated carbocycles. The summed E-state index contributed by atoms with van der Waals surface area (Å²) in [5.41, 5.74) is 11.1. The summed E-state index contributed by atoms with van der Waals surface area (Å²) in [5, 5.41) is 0.725. The molecule has 0 radical (unpaired) electrons. The summed E-state index contributed by atoms with van der Waals surface area (Å²) < 4.78 is 0. The van der Waals surface area contributed by atoms with Crippen LogP contribution in [0.1, 0.15) is 0 Å². The number of hydrogen-bond acceptors (Lipinski definition) is 7. The summed E-state index contributed by atoms with van der Waals surface area (Å²) in [6, 6.07) is 0. The highest BCUT2D eigenvalue weighted by atomic mass is 35.5. The Morgan fingerprint density at radius 1 is 1.29 bits per heavy atom. The standard InChI is InChI=1S/C2H7N3O2.C2H6N2O2.ClH/c1-5(4)7-2(3)6;1-4-6-2(3)5;/h4H2,1H3,(H2,3,6);4H,1H3,(H2,3,5);1H. The van der Waals surface area contributed by atoms with E-state index in [1.54, 1.807) is 0 Å². The summed E-state index contributed by atoms with van der Waals surface area (Å²) in [4.78, 5) is 27.2. The number of rotatable bonds is 2. The van der Waals surface area contributed by atoms with Crippen LogP contribution in [0.2, 0.25) is 0 Å². The van der Waals surface area contributed by atoms with Crippen LogP contribution in [0.5, 0.6) is 0 Å². The number of amides is 2. The molecule has 0 aromatic heterocycles. The molecule has 0 aliphatic rings. The molecule has 0 atom stereocenters. The van der Waals surface area contributed by atoms with Crippen molar-refractivity contribution >= 4 is 24.6 Å². The SMILES string of the molecule is CN(N)OC(N)=O.CNOC(N)=O.Cl. The van der Waals surface area contributed by atoms with Crippen molar-refractivity contribution in [2.75, 3.05) is 14.1 Å². The minimum atomic E-state index is -0.912. The topological polar surface area (TPSA) is 146 Å². The molecule has 0 aromatic carbocycles. The average Bonchev–Trinajstić information content (AvgIpc) is 1.83. The van der Waals surface area contributed by atoms with Crippen LogP contribution >= 0.6 is 12.4 Å². The quantitative estimate of drug-likeness (QED) is 0.332. The maximum Gasteiger partial charge on any atom is 0.424 e. The van der Waals surface area contributed by atoms with Crippen LogP contribution < -0.4 is 22.8 Å². The molecule has 0 fully saturated rings. The van der Waals surface area contributed by atoms with Crippen molar-refractivity contribution in [1.29, 1.82) is 0 Å². The van der Waals surface area contributed by atoms with E-state index in [-0.39, 0.29) is 12.4 Å². The number of nitrogens with zero attached hydrogens (tertiary/aromatic N) is 1. The predicted octanol–water partition coefficient (Wildman–Crippen LogP) is -1.56. The van der Waals surface area contributed by atoms with E-state index in [2.05, 4.69) is 26.6 Å². The van der Waals surface area contributed by atoms with Gasteiger partial charge in [0.25, 0.3) is 0 Å². The monoisotopic (exact) mass is 231 g/mol. The number of hydrazine groups is 1. The van der Waals surface area contributed by atoms with Gasteiger partial charge in [-0.05, 0) is 0 Å². The van der Waals surface area contributed by atoms with Gasteiger partial charge in [-0.15, -0.1) is 12.4 Å². The molecule has 0 aliphatic heterocycles. The first kappa shape index (κ1) is 18.5. The fraction of sp³-hybridized carbons (Fsp3) is 0.500. The first-order chi connectivity index (χ1) is 5.90. The molecule has 0 saturated heterocycles.